The Balaban J connectivity index is 2.04. The Morgan fingerprint density at radius 3 is 2.64 bits per heavy atom. The Morgan fingerprint density at radius 2 is 2.00 bits per heavy atom. The fraction of sp³-hybridized carbons (Fsp3) is 0.476. The number of likely N-dealkylation sites (tertiary alicyclic amines) is 1. The molecule has 0 aliphatic carbocycles. The zero-order chi connectivity index (χ0) is 20.3. The molecule has 28 heavy (non-hydrogen) atoms. The van der Waals surface area contributed by atoms with Gasteiger partial charge in [0.15, 0.2) is 0 Å². The lowest BCUT2D eigenvalue weighted by molar-refractivity contribution is -0.0688. The zero-order valence-corrected chi connectivity index (χ0v) is 16.3. The van der Waals surface area contributed by atoms with E-state index < -0.39 is 11.7 Å². The van der Waals surface area contributed by atoms with Crippen molar-refractivity contribution in [2.75, 3.05) is 32.1 Å². The van der Waals surface area contributed by atoms with Crippen LogP contribution in [0.3, 0.4) is 0 Å². The number of nitrogens with zero attached hydrogens (tertiary/aromatic N) is 2. The molecule has 1 fully saturated rings. The molecular formula is C21H26F3N3O. The SMILES string of the molecule is C=C(c1nc(OCCC)cc2c(NC3CCN(C)CC3)cccc12)C(F)(F)F. The van der Waals surface area contributed by atoms with E-state index in [1.807, 2.05) is 13.0 Å². The molecule has 3 rings (SSSR count). The number of anilines is 1. The number of piperidine rings is 1. The highest BCUT2D eigenvalue weighted by Crippen LogP contribution is 2.38. The molecule has 1 aromatic carbocycles. The van der Waals surface area contributed by atoms with Gasteiger partial charge in [0.1, 0.15) is 0 Å². The quantitative estimate of drug-likeness (QED) is 0.741. The monoisotopic (exact) mass is 393 g/mol. The van der Waals surface area contributed by atoms with Crippen molar-refractivity contribution in [3.05, 3.63) is 36.5 Å². The fourth-order valence-electron chi connectivity index (χ4n) is 3.40. The largest absolute Gasteiger partial charge is 0.478 e. The van der Waals surface area contributed by atoms with Crippen LogP contribution in [0.1, 0.15) is 31.9 Å². The van der Waals surface area contributed by atoms with Crippen molar-refractivity contribution in [2.45, 2.75) is 38.4 Å². The molecule has 1 aromatic heterocycles. The van der Waals surface area contributed by atoms with E-state index in [4.69, 9.17) is 4.74 Å². The molecule has 0 radical (unpaired) electrons. The summed E-state index contributed by atoms with van der Waals surface area (Å²) in [5.74, 6) is 0.187. The first-order valence-corrected chi connectivity index (χ1v) is 9.57. The van der Waals surface area contributed by atoms with E-state index in [-0.39, 0.29) is 17.6 Å². The van der Waals surface area contributed by atoms with Gasteiger partial charge in [-0.15, -0.1) is 0 Å². The predicted octanol–water partition coefficient (Wildman–Crippen LogP) is 5.11. The van der Waals surface area contributed by atoms with Gasteiger partial charge in [-0.3, -0.25) is 0 Å². The van der Waals surface area contributed by atoms with Crippen molar-refractivity contribution < 1.29 is 17.9 Å². The molecule has 1 aliphatic rings. The maximum absolute atomic E-state index is 13.4. The molecule has 1 saturated heterocycles. The van der Waals surface area contributed by atoms with Crippen molar-refractivity contribution in [3.63, 3.8) is 0 Å². The lowest BCUT2D eigenvalue weighted by Crippen LogP contribution is -2.36. The smallest absolute Gasteiger partial charge is 0.417 e. The predicted molar refractivity (Wildman–Crippen MR) is 107 cm³/mol. The van der Waals surface area contributed by atoms with Crippen LogP contribution in [-0.2, 0) is 0 Å². The maximum atomic E-state index is 13.4. The molecule has 152 valence electrons. The van der Waals surface area contributed by atoms with Gasteiger partial charge in [0.25, 0.3) is 0 Å². The average molecular weight is 393 g/mol. The number of benzene rings is 1. The van der Waals surface area contributed by atoms with Crippen molar-refractivity contribution in [3.8, 4) is 5.88 Å². The third kappa shape index (κ3) is 4.58. The molecular weight excluding hydrogens is 367 g/mol. The Kier molecular flexibility index (Phi) is 6.13. The summed E-state index contributed by atoms with van der Waals surface area (Å²) in [5, 5.41) is 4.60. The number of allylic oxidation sites excluding steroid dienone is 1. The Labute approximate surface area is 163 Å². The summed E-state index contributed by atoms with van der Waals surface area (Å²) in [5.41, 5.74) is -0.342. The Bertz CT molecular complexity index is 843. The summed E-state index contributed by atoms with van der Waals surface area (Å²) >= 11 is 0. The second kappa shape index (κ2) is 8.39. The molecule has 1 aliphatic heterocycles. The molecule has 0 saturated carbocycles. The number of hydrogen-bond acceptors (Lipinski definition) is 4. The molecule has 0 unspecified atom stereocenters. The first-order chi connectivity index (χ1) is 13.3. The summed E-state index contributed by atoms with van der Waals surface area (Å²) in [6.07, 6.45) is -1.84. The summed E-state index contributed by atoms with van der Waals surface area (Å²) < 4.78 is 45.6. The first-order valence-electron chi connectivity index (χ1n) is 9.57. The molecule has 4 nitrogen and oxygen atoms in total. The van der Waals surface area contributed by atoms with E-state index in [1.165, 1.54) is 0 Å². The number of pyridine rings is 1. The second-order valence-electron chi connectivity index (χ2n) is 7.26. The molecule has 0 atom stereocenters. The van der Waals surface area contributed by atoms with Crippen LogP contribution in [-0.4, -0.2) is 48.8 Å². The second-order valence-corrected chi connectivity index (χ2v) is 7.26. The van der Waals surface area contributed by atoms with E-state index in [0.29, 0.717) is 17.4 Å². The summed E-state index contributed by atoms with van der Waals surface area (Å²) in [4.78, 5) is 6.40. The zero-order valence-electron chi connectivity index (χ0n) is 16.3. The Morgan fingerprint density at radius 1 is 1.29 bits per heavy atom. The minimum Gasteiger partial charge on any atom is -0.478 e. The topological polar surface area (TPSA) is 37.4 Å². The molecule has 1 N–H and O–H groups in total. The fourth-order valence-corrected chi connectivity index (χ4v) is 3.40. The van der Waals surface area contributed by atoms with Crippen LogP contribution in [0, 0.1) is 0 Å². The highest BCUT2D eigenvalue weighted by molar-refractivity contribution is 6.00. The van der Waals surface area contributed by atoms with Crippen molar-refractivity contribution in [2.24, 2.45) is 0 Å². The number of ether oxygens (including phenoxy) is 1. The molecule has 2 heterocycles. The van der Waals surface area contributed by atoms with Crippen LogP contribution in [0.2, 0.25) is 0 Å². The van der Waals surface area contributed by atoms with Gasteiger partial charge >= 0.3 is 6.18 Å². The van der Waals surface area contributed by atoms with Crippen molar-refractivity contribution in [1.82, 2.24) is 9.88 Å². The van der Waals surface area contributed by atoms with Gasteiger partial charge in [-0.1, -0.05) is 25.6 Å². The lowest BCUT2D eigenvalue weighted by atomic mass is 10.0. The van der Waals surface area contributed by atoms with Crippen molar-refractivity contribution >= 4 is 22.0 Å². The highest BCUT2D eigenvalue weighted by Gasteiger charge is 2.35. The van der Waals surface area contributed by atoms with Gasteiger partial charge in [0.2, 0.25) is 5.88 Å². The number of rotatable bonds is 6. The summed E-state index contributed by atoms with van der Waals surface area (Å²) in [6, 6.07) is 7.29. The number of nitrogens with one attached hydrogen (secondary N) is 1. The number of aromatic nitrogens is 1. The van der Waals surface area contributed by atoms with E-state index >= 15 is 0 Å². The van der Waals surface area contributed by atoms with Crippen LogP contribution < -0.4 is 10.1 Å². The van der Waals surface area contributed by atoms with Gasteiger partial charge < -0.3 is 15.0 Å². The van der Waals surface area contributed by atoms with Crippen molar-refractivity contribution in [1.29, 1.82) is 0 Å². The molecule has 0 spiro atoms. The van der Waals surface area contributed by atoms with E-state index in [2.05, 4.69) is 28.8 Å². The summed E-state index contributed by atoms with van der Waals surface area (Å²) in [6.45, 7) is 7.56. The van der Waals surface area contributed by atoms with E-state index in [1.54, 1.807) is 18.2 Å². The van der Waals surface area contributed by atoms with Gasteiger partial charge in [-0.05, 0) is 45.5 Å². The van der Waals surface area contributed by atoms with E-state index in [9.17, 15) is 13.2 Å². The van der Waals surface area contributed by atoms with Crippen LogP contribution in [0.5, 0.6) is 5.88 Å². The number of halogens is 3. The van der Waals surface area contributed by atoms with Gasteiger partial charge in [0, 0.05) is 28.6 Å². The van der Waals surface area contributed by atoms with Gasteiger partial charge in [-0.2, -0.15) is 13.2 Å². The minimum atomic E-state index is -4.55. The standard InChI is InChI=1S/C21H26F3N3O/c1-4-12-28-19-13-17-16(20(26-19)14(2)21(22,23)24)6-5-7-18(17)25-15-8-10-27(3)11-9-15/h5-7,13,15,25H,2,4,8-12H2,1,3H3. The minimum absolute atomic E-state index is 0.178. The number of alkyl halides is 3. The maximum Gasteiger partial charge on any atom is 0.417 e. The third-order valence-electron chi connectivity index (χ3n) is 5.01. The number of hydrogen-bond donors (Lipinski definition) is 1. The highest BCUT2D eigenvalue weighted by atomic mass is 19.4. The van der Waals surface area contributed by atoms with Gasteiger partial charge in [-0.25, -0.2) is 4.98 Å². The molecule has 0 amide bonds. The summed E-state index contributed by atoms with van der Waals surface area (Å²) in [7, 11) is 2.09. The molecule has 2 aromatic rings. The van der Waals surface area contributed by atoms with Crippen LogP contribution in [0.4, 0.5) is 18.9 Å². The van der Waals surface area contributed by atoms with Crippen LogP contribution in [0.25, 0.3) is 16.3 Å². The average Bonchev–Trinajstić information content (AvgIpc) is 2.66. The van der Waals surface area contributed by atoms with Crippen LogP contribution >= 0.6 is 0 Å². The molecule has 0 bridgehead atoms. The normalized spacial score (nSPS) is 16.3. The van der Waals surface area contributed by atoms with Crippen LogP contribution in [0.15, 0.2) is 30.8 Å². The molecule has 7 heteroatoms. The first kappa shape index (κ1) is 20.5. The van der Waals surface area contributed by atoms with E-state index in [0.717, 1.165) is 38.0 Å². The third-order valence-corrected chi connectivity index (χ3v) is 5.01. The lowest BCUT2D eigenvalue weighted by Gasteiger charge is -2.30. The number of fused-ring (bicyclic) bond motifs is 1. The van der Waals surface area contributed by atoms with Gasteiger partial charge in [0.05, 0.1) is 17.9 Å². The Hall–Kier alpha value is -2.28.